The fourth-order valence-corrected chi connectivity index (χ4v) is 2.52. The van der Waals surface area contributed by atoms with Gasteiger partial charge in [0.15, 0.2) is 0 Å². The molecule has 3 heteroatoms. The van der Waals surface area contributed by atoms with Crippen LogP contribution in [0.1, 0.15) is 37.7 Å². The highest BCUT2D eigenvalue weighted by molar-refractivity contribution is 5.94. The highest BCUT2D eigenvalue weighted by Gasteiger charge is 2.27. The van der Waals surface area contributed by atoms with Crippen LogP contribution in [0.3, 0.4) is 0 Å². The summed E-state index contributed by atoms with van der Waals surface area (Å²) in [6.45, 7) is 2.00. The van der Waals surface area contributed by atoms with Crippen LogP contribution in [-0.2, 0) is 4.79 Å². The van der Waals surface area contributed by atoms with E-state index >= 15 is 0 Å². The fourth-order valence-electron chi connectivity index (χ4n) is 2.52. The molecule has 1 aliphatic rings. The Hall–Kier alpha value is -1.35. The van der Waals surface area contributed by atoms with Gasteiger partial charge in [0.25, 0.3) is 5.91 Å². The average Bonchev–Trinajstić information content (AvgIpc) is 2.41. The van der Waals surface area contributed by atoms with Crippen molar-refractivity contribution in [2.45, 2.75) is 45.1 Å². The van der Waals surface area contributed by atoms with E-state index in [1.165, 1.54) is 6.42 Å². The fraction of sp³-hybridized carbons (Fsp3) is 0.533. The number of aryl methyl sites for hydroxylation is 1. The SMILES string of the molecule is Cc1ccc(NC(=O)C(O)C2CCCCC2)cc1. The Labute approximate surface area is 108 Å². The van der Waals surface area contributed by atoms with Gasteiger partial charge < -0.3 is 10.4 Å². The summed E-state index contributed by atoms with van der Waals surface area (Å²) in [7, 11) is 0. The molecule has 0 bridgehead atoms. The number of carbonyl (C=O) groups is 1. The molecule has 3 nitrogen and oxygen atoms in total. The zero-order valence-electron chi connectivity index (χ0n) is 10.9. The second-order valence-corrected chi connectivity index (χ2v) is 5.20. The molecule has 1 atom stereocenters. The molecule has 98 valence electrons. The normalized spacial score (nSPS) is 18.3. The van der Waals surface area contributed by atoms with Gasteiger partial charge in [-0.2, -0.15) is 0 Å². The summed E-state index contributed by atoms with van der Waals surface area (Å²) in [6.07, 6.45) is 4.53. The molecule has 0 heterocycles. The van der Waals surface area contributed by atoms with Crippen LogP contribution < -0.4 is 5.32 Å². The molecule has 1 aliphatic carbocycles. The number of rotatable bonds is 3. The minimum atomic E-state index is -0.869. The van der Waals surface area contributed by atoms with Crippen LogP contribution in [0.4, 0.5) is 5.69 Å². The van der Waals surface area contributed by atoms with Gasteiger partial charge in [-0.3, -0.25) is 4.79 Å². The summed E-state index contributed by atoms with van der Waals surface area (Å²) >= 11 is 0. The van der Waals surface area contributed by atoms with Crippen molar-refractivity contribution < 1.29 is 9.90 Å². The smallest absolute Gasteiger partial charge is 0.253 e. The first-order valence-corrected chi connectivity index (χ1v) is 6.72. The number of carbonyl (C=O) groups excluding carboxylic acids is 1. The van der Waals surface area contributed by atoms with E-state index in [-0.39, 0.29) is 11.8 Å². The highest BCUT2D eigenvalue weighted by Crippen LogP contribution is 2.27. The van der Waals surface area contributed by atoms with Crippen molar-refractivity contribution in [3.05, 3.63) is 29.8 Å². The van der Waals surface area contributed by atoms with Crippen LogP contribution in [0.25, 0.3) is 0 Å². The van der Waals surface area contributed by atoms with Gasteiger partial charge >= 0.3 is 0 Å². The summed E-state index contributed by atoms with van der Waals surface area (Å²) in [6, 6.07) is 7.62. The van der Waals surface area contributed by atoms with Gasteiger partial charge in [0.2, 0.25) is 0 Å². The molecule has 1 unspecified atom stereocenters. The van der Waals surface area contributed by atoms with Crippen LogP contribution in [0.5, 0.6) is 0 Å². The van der Waals surface area contributed by atoms with Crippen molar-refractivity contribution >= 4 is 11.6 Å². The molecule has 1 saturated carbocycles. The number of hydrogen-bond acceptors (Lipinski definition) is 2. The van der Waals surface area contributed by atoms with Crippen LogP contribution >= 0.6 is 0 Å². The number of benzene rings is 1. The molecule has 0 aliphatic heterocycles. The van der Waals surface area contributed by atoms with Gasteiger partial charge in [0.05, 0.1) is 0 Å². The molecule has 0 aromatic heterocycles. The van der Waals surface area contributed by atoms with Crippen molar-refractivity contribution in [1.82, 2.24) is 0 Å². The largest absolute Gasteiger partial charge is 0.383 e. The number of hydrogen-bond donors (Lipinski definition) is 2. The lowest BCUT2D eigenvalue weighted by Gasteiger charge is -2.25. The molecule has 1 aromatic carbocycles. The highest BCUT2D eigenvalue weighted by atomic mass is 16.3. The molecular formula is C15H21NO2. The summed E-state index contributed by atoms with van der Waals surface area (Å²) in [5.74, 6) is -0.144. The van der Waals surface area contributed by atoms with E-state index in [1.807, 2.05) is 31.2 Å². The van der Waals surface area contributed by atoms with E-state index in [4.69, 9.17) is 0 Å². The van der Waals surface area contributed by atoms with E-state index in [0.717, 1.165) is 36.9 Å². The van der Waals surface area contributed by atoms with E-state index in [2.05, 4.69) is 5.32 Å². The Morgan fingerprint density at radius 2 is 1.83 bits per heavy atom. The second-order valence-electron chi connectivity index (χ2n) is 5.20. The molecule has 2 N–H and O–H groups in total. The maximum Gasteiger partial charge on any atom is 0.253 e. The zero-order chi connectivity index (χ0) is 13.0. The van der Waals surface area contributed by atoms with Gasteiger partial charge in [0, 0.05) is 5.69 Å². The molecule has 0 radical (unpaired) electrons. The summed E-state index contributed by atoms with van der Waals surface area (Å²) < 4.78 is 0. The van der Waals surface area contributed by atoms with E-state index in [0.29, 0.717) is 0 Å². The zero-order valence-corrected chi connectivity index (χ0v) is 10.9. The van der Waals surface area contributed by atoms with Crippen LogP contribution in [-0.4, -0.2) is 17.1 Å². The van der Waals surface area contributed by atoms with Gasteiger partial charge in [0.1, 0.15) is 6.10 Å². The van der Waals surface area contributed by atoms with Crippen molar-refractivity contribution in [2.75, 3.05) is 5.32 Å². The summed E-state index contributed by atoms with van der Waals surface area (Å²) in [5, 5.41) is 12.8. The minimum Gasteiger partial charge on any atom is -0.383 e. The molecular weight excluding hydrogens is 226 g/mol. The number of aliphatic hydroxyl groups excluding tert-OH is 1. The van der Waals surface area contributed by atoms with Crippen LogP contribution in [0.2, 0.25) is 0 Å². The van der Waals surface area contributed by atoms with Crippen molar-refractivity contribution in [3.63, 3.8) is 0 Å². The maximum absolute atomic E-state index is 11.9. The van der Waals surface area contributed by atoms with Gasteiger partial charge in [-0.05, 0) is 37.8 Å². The van der Waals surface area contributed by atoms with Crippen molar-refractivity contribution in [3.8, 4) is 0 Å². The lowest BCUT2D eigenvalue weighted by atomic mass is 9.85. The molecule has 2 rings (SSSR count). The lowest BCUT2D eigenvalue weighted by Crippen LogP contribution is -2.35. The van der Waals surface area contributed by atoms with Crippen molar-refractivity contribution in [2.24, 2.45) is 5.92 Å². The molecule has 1 aromatic rings. The standard InChI is InChI=1S/C15H21NO2/c1-11-7-9-13(10-8-11)16-15(18)14(17)12-5-3-2-4-6-12/h7-10,12,14,17H,2-6H2,1H3,(H,16,18). The van der Waals surface area contributed by atoms with Gasteiger partial charge in [-0.25, -0.2) is 0 Å². The molecule has 18 heavy (non-hydrogen) atoms. The average molecular weight is 247 g/mol. The second kappa shape index (κ2) is 6.01. The number of nitrogens with one attached hydrogen (secondary N) is 1. The number of aliphatic hydroxyl groups is 1. The number of amides is 1. The first-order valence-electron chi connectivity index (χ1n) is 6.72. The third kappa shape index (κ3) is 3.33. The predicted octanol–water partition coefficient (Wildman–Crippen LogP) is 2.87. The number of anilines is 1. The third-order valence-corrected chi connectivity index (χ3v) is 3.68. The molecule has 0 spiro atoms. The Kier molecular flexibility index (Phi) is 4.37. The minimum absolute atomic E-state index is 0.129. The van der Waals surface area contributed by atoms with E-state index < -0.39 is 6.10 Å². The summed E-state index contributed by atoms with van der Waals surface area (Å²) in [5.41, 5.74) is 1.90. The van der Waals surface area contributed by atoms with E-state index in [9.17, 15) is 9.90 Å². The Morgan fingerprint density at radius 3 is 2.44 bits per heavy atom. The third-order valence-electron chi connectivity index (χ3n) is 3.68. The first kappa shape index (κ1) is 13.1. The van der Waals surface area contributed by atoms with Crippen LogP contribution in [0, 0.1) is 12.8 Å². The van der Waals surface area contributed by atoms with Gasteiger partial charge in [-0.1, -0.05) is 37.0 Å². The summed E-state index contributed by atoms with van der Waals surface area (Å²) in [4.78, 5) is 11.9. The topological polar surface area (TPSA) is 49.3 Å². The monoisotopic (exact) mass is 247 g/mol. The van der Waals surface area contributed by atoms with E-state index in [1.54, 1.807) is 0 Å². The predicted molar refractivity (Wildman–Crippen MR) is 72.4 cm³/mol. The van der Waals surface area contributed by atoms with Crippen molar-refractivity contribution in [1.29, 1.82) is 0 Å². The Bertz CT molecular complexity index is 393. The molecule has 1 fully saturated rings. The van der Waals surface area contributed by atoms with Crippen LogP contribution in [0.15, 0.2) is 24.3 Å². The van der Waals surface area contributed by atoms with Gasteiger partial charge in [-0.15, -0.1) is 0 Å². The molecule has 0 saturated heterocycles. The molecule has 1 amide bonds. The Morgan fingerprint density at radius 1 is 1.22 bits per heavy atom. The quantitative estimate of drug-likeness (QED) is 0.863. The lowest BCUT2D eigenvalue weighted by molar-refractivity contribution is -0.127. The Balaban J connectivity index is 1.92. The first-order chi connectivity index (χ1) is 8.66. The maximum atomic E-state index is 11.9.